The number of fused-ring (bicyclic) bond motifs is 1. The van der Waals surface area contributed by atoms with Crippen LogP contribution in [0.1, 0.15) is 47.3 Å². The van der Waals surface area contributed by atoms with Gasteiger partial charge in [0.25, 0.3) is 5.91 Å². The van der Waals surface area contributed by atoms with Gasteiger partial charge in [-0.3, -0.25) is 4.79 Å². The highest BCUT2D eigenvalue weighted by molar-refractivity contribution is 7.12. The zero-order chi connectivity index (χ0) is 18.5. The molecule has 4 nitrogen and oxygen atoms in total. The number of carbonyl (C=O) groups is 1. The van der Waals surface area contributed by atoms with Crippen molar-refractivity contribution in [3.8, 4) is 5.75 Å². The lowest BCUT2D eigenvalue weighted by molar-refractivity contribution is 0.0988. The molecule has 1 aromatic heterocycles. The second kappa shape index (κ2) is 10.3. The first-order valence-corrected chi connectivity index (χ1v) is 11.0. The van der Waals surface area contributed by atoms with Gasteiger partial charge in [0.05, 0.1) is 17.2 Å². The summed E-state index contributed by atoms with van der Waals surface area (Å²) in [5.41, 5.74) is 2.21. The largest absolute Gasteiger partial charge is 0.491 e. The van der Waals surface area contributed by atoms with Crippen LogP contribution in [0.3, 0.4) is 0 Å². The van der Waals surface area contributed by atoms with E-state index in [9.17, 15) is 4.79 Å². The minimum atomic E-state index is 0. The number of halogens is 1. The lowest BCUT2D eigenvalue weighted by atomic mass is 10.0. The number of para-hydroxylation sites is 1. The molecule has 28 heavy (non-hydrogen) atoms. The Morgan fingerprint density at radius 3 is 2.68 bits per heavy atom. The first kappa shape index (κ1) is 21.2. The minimum absolute atomic E-state index is 0. The number of rotatable bonds is 6. The van der Waals surface area contributed by atoms with Crippen LogP contribution in [-0.2, 0) is 6.42 Å². The van der Waals surface area contributed by atoms with Crippen LogP contribution in [0.5, 0.6) is 5.75 Å². The lowest BCUT2D eigenvalue weighted by Gasteiger charge is -2.31. The number of nitrogens with zero attached hydrogens (tertiary/aromatic N) is 2. The third kappa shape index (κ3) is 4.88. The van der Waals surface area contributed by atoms with Crippen LogP contribution in [0.4, 0.5) is 5.69 Å². The van der Waals surface area contributed by atoms with Gasteiger partial charge in [0.15, 0.2) is 0 Å². The molecule has 0 N–H and O–H groups in total. The predicted octanol–water partition coefficient (Wildman–Crippen LogP) is 5.02. The zero-order valence-electron chi connectivity index (χ0n) is 16.3. The Hall–Kier alpha value is -1.56. The van der Waals surface area contributed by atoms with Crippen LogP contribution < -0.4 is 9.64 Å². The summed E-state index contributed by atoms with van der Waals surface area (Å²) in [7, 11) is 0. The van der Waals surface area contributed by atoms with Gasteiger partial charge in [-0.05, 0) is 68.3 Å². The molecule has 1 fully saturated rings. The molecule has 1 aromatic carbocycles. The number of hydrogen-bond acceptors (Lipinski definition) is 4. The number of likely N-dealkylation sites (tertiary alicyclic amines) is 1. The molecule has 6 heteroatoms. The summed E-state index contributed by atoms with van der Waals surface area (Å²) in [5.74, 6) is 0.950. The quantitative estimate of drug-likeness (QED) is 0.615. The van der Waals surface area contributed by atoms with Gasteiger partial charge in [0, 0.05) is 13.1 Å². The van der Waals surface area contributed by atoms with E-state index in [1.807, 2.05) is 28.5 Å². The van der Waals surface area contributed by atoms with E-state index in [1.54, 1.807) is 0 Å². The summed E-state index contributed by atoms with van der Waals surface area (Å²) < 4.78 is 6.18. The van der Waals surface area contributed by atoms with E-state index in [0.717, 1.165) is 48.7 Å². The first-order chi connectivity index (χ1) is 13.3. The first-order valence-electron chi connectivity index (χ1n) is 10.2. The van der Waals surface area contributed by atoms with Gasteiger partial charge in [-0.1, -0.05) is 24.6 Å². The average molecular weight is 421 g/mol. The van der Waals surface area contributed by atoms with Crippen molar-refractivity contribution in [2.75, 3.05) is 37.7 Å². The Labute approximate surface area is 177 Å². The van der Waals surface area contributed by atoms with Crippen LogP contribution in [0.2, 0.25) is 0 Å². The second-order valence-electron chi connectivity index (χ2n) is 7.41. The molecule has 0 saturated carbocycles. The SMILES string of the molecule is Cl.O=C(c1cccs1)N1CCCc2cccc(OCCCN3CCCCC3)c21. The molecular weight excluding hydrogens is 392 g/mol. The predicted molar refractivity (Wildman–Crippen MR) is 118 cm³/mol. The number of ether oxygens (including phenoxy) is 1. The molecule has 0 radical (unpaired) electrons. The maximum absolute atomic E-state index is 13.0. The summed E-state index contributed by atoms with van der Waals surface area (Å²) >= 11 is 1.50. The van der Waals surface area contributed by atoms with Gasteiger partial charge in [-0.15, -0.1) is 23.7 Å². The lowest BCUT2D eigenvalue weighted by Crippen LogP contribution is -2.35. The van der Waals surface area contributed by atoms with Gasteiger partial charge >= 0.3 is 0 Å². The standard InChI is InChI=1S/C22H28N2O2S.ClH/c25-22(20-11-6-17-27-20)24-15-5-9-18-8-4-10-19(21(18)24)26-16-7-14-23-12-2-1-3-13-23;/h4,6,8,10-11,17H,1-3,5,7,9,12-16H2;1H. The van der Waals surface area contributed by atoms with Crippen molar-refractivity contribution in [3.05, 3.63) is 46.2 Å². The Kier molecular flexibility index (Phi) is 7.77. The van der Waals surface area contributed by atoms with Crippen molar-refractivity contribution in [2.24, 2.45) is 0 Å². The second-order valence-corrected chi connectivity index (χ2v) is 8.35. The highest BCUT2D eigenvalue weighted by Gasteiger charge is 2.27. The normalized spacial score (nSPS) is 16.9. The fourth-order valence-corrected chi connectivity index (χ4v) is 4.79. The summed E-state index contributed by atoms with van der Waals surface area (Å²) in [6, 6.07) is 10.0. The fraction of sp³-hybridized carbons (Fsp3) is 0.500. The highest BCUT2D eigenvalue weighted by atomic mass is 35.5. The number of carbonyl (C=O) groups excluding carboxylic acids is 1. The van der Waals surface area contributed by atoms with E-state index in [1.165, 1.54) is 49.3 Å². The van der Waals surface area contributed by atoms with Crippen molar-refractivity contribution < 1.29 is 9.53 Å². The fourth-order valence-electron chi connectivity index (χ4n) is 4.12. The molecule has 2 aliphatic rings. The highest BCUT2D eigenvalue weighted by Crippen LogP contribution is 2.37. The van der Waals surface area contributed by atoms with E-state index in [2.05, 4.69) is 17.0 Å². The zero-order valence-corrected chi connectivity index (χ0v) is 17.9. The summed E-state index contributed by atoms with van der Waals surface area (Å²) in [4.78, 5) is 18.2. The molecule has 1 amide bonds. The van der Waals surface area contributed by atoms with Crippen molar-refractivity contribution in [1.29, 1.82) is 0 Å². The summed E-state index contributed by atoms with van der Waals surface area (Å²) in [5, 5.41) is 1.96. The van der Waals surface area contributed by atoms with Crippen molar-refractivity contribution >= 4 is 35.3 Å². The van der Waals surface area contributed by atoms with E-state index in [-0.39, 0.29) is 18.3 Å². The van der Waals surface area contributed by atoms with Gasteiger partial charge in [0.2, 0.25) is 0 Å². The molecule has 0 spiro atoms. The molecular formula is C22H29ClN2O2S. The monoisotopic (exact) mass is 420 g/mol. The molecule has 0 aliphatic carbocycles. The minimum Gasteiger partial charge on any atom is -0.491 e. The summed E-state index contributed by atoms with van der Waals surface area (Å²) in [6.07, 6.45) is 7.07. The Balaban J connectivity index is 0.00000225. The van der Waals surface area contributed by atoms with E-state index in [4.69, 9.17) is 4.74 Å². The van der Waals surface area contributed by atoms with E-state index < -0.39 is 0 Å². The maximum atomic E-state index is 13.0. The molecule has 1 saturated heterocycles. The molecule has 2 aromatic rings. The molecule has 2 aliphatic heterocycles. The van der Waals surface area contributed by atoms with Crippen LogP contribution in [-0.4, -0.2) is 43.6 Å². The van der Waals surface area contributed by atoms with Gasteiger partial charge in [0.1, 0.15) is 5.75 Å². The van der Waals surface area contributed by atoms with Crippen LogP contribution in [0.15, 0.2) is 35.7 Å². The number of benzene rings is 1. The number of amides is 1. The van der Waals surface area contributed by atoms with E-state index >= 15 is 0 Å². The number of anilines is 1. The van der Waals surface area contributed by atoms with Crippen LogP contribution in [0, 0.1) is 0 Å². The number of piperidine rings is 1. The van der Waals surface area contributed by atoms with Gasteiger partial charge < -0.3 is 14.5 Å². The van der Waals surface area contributed by atoms with Gasteiger partial charge in [-0.25, -0.2) is 0 Å². The van der Waals surface area contributed by atoms with E-state index in [0.29, 0.717) is 6.61 Å². The van der Waals surface area contributed by atoms with Crippen LogP contribution >= 0.6 is 23.7 Å². The average Bonchev–Trinajstić information content (AvgIpc) is 3.26. The molecule has 4 rings (SSSR count). The third-order valence-corrected chi connectivity index (χ3v) is 6.34. The summed E-state index contributed by atoms with van der Waals surface area (Å²) in [6.45, 7) is 5.02. The number of thiophene rings is 1. The molecule has 0 unspecified atom stereocenters. The Bertz CT molecular complexity index is 760. The van der Waals surface area contributed by atoms with Crippen molar-refractivity contribution in [1.82, 2.24) is 4.90 Å². The van der Waals surface area contributed by atoms with Crippen molar-refractivity contribution in [3.63, 3.8) is 0 Å². The molecule has 0 atom stereocenters. The van der Waals surface area contributed by atoms with Gasteiger partial charge in [-0.2, -0.15) is 0 Å². The molecule has 0 bridgehead atoms. The van der Waals surface area contributed by atoms with Crippen LogP contribution in [0.25, 0.3) is 0 Å². The smallest absolute Gasteiger partial charge is 0.268 e. The molecule has 152 valence electrons. The Morgan fingerprint density at radius 1 is 1.04 bits per heavy atom. The van der Waals surface area contributed by atoms with Crippen molar-refractivity contribution in [2.45, 2.75) is 38.5 Å². The maximum Gasteiger partial charge on any atom is 0.268 e. The Morgan fingerprint density at radius 2 is 1.89 bits per heavy atom. The molecule has 3 heterocycles. The number of hydrogen-bond donors (Lipinski definition) is 0. The topological polar surface area (TPSA) is 32.8 Å². The third-order valence-electron chi connectivity index (χ3n) is 5.48. The number of aryl methyl sites for hydroxylation is 1.